The van der Waals surface area contributed by atoms with Gasteiger partial charge in [0.15, 0.2) is 0 Å². The quantitative estimate of drug-likeness (QED) is 0.736. The van der Waals surface area contributed by atoms with Gasteiger partial charge in [-0.05, 0) is 30.3 Å². The fraction of sp³-hybridized carbons (Fsp3) is 0.250. The highest BCUT2D eigenvalue weighted by Crippen LogP contribution is 2.27. The number of hydrogen-bond acceptors (Lipinski definition) is 5. The lowest BCUT2D eigenvalue weighted by Gasteiger charge is -2.17. The Morgan fingerprint density at radius 1 is 1.15 bits per heavy atom. The first-order valence-corrected chi connectivity index (χ1v) is 8.76. The van der Waals surface area contributed by atoms with Crippen LogP contribution in [0.5, 0.6) is 0 Å². The maximum atomic E-state index is 12.3. The number of methoxy groups -OCH3 is 1. The van der Waals surface area contributed by atoms with Crippen molar-refractivity contribution in [2.45, 2.75) is 13.0 Å². The molecule has 2 aromatic carbocycles. The van der Waals surface area contributed by atoms with Gasteiger partial charge in [0.1, 0.15) is 6.61 Å². The van der Waals surface area contributed by atoms with E-state index in [9.17, 15) is 14.4 Å². The lowest BCUT2D eigenvalue weighted by Crippen LogP contribution is -2.26. The van der Waals surface area contributed by atoms with Crippen molar-refractivity contribution in [3.05, 3.63) is 64.7 Å². The summed E-state index contributed by atoms with van der Waals surface area (Å²) >= 11 is 6.05. The summed E-state index contributed by atoms with van der Waals surface area (Å²) < 4.78 is 9.98. The van der Waals surface area contributed by atoms with Crippen molar-refractivity contribution in [1.29, 1.82) is 0 Å². The molecule has 1 atom stereocenters. The number of hydrogen-bond donors (Lipinski definition) is 0. The summed E-state index contributed by atoms with van der Waals surface area (Å²) in [4.78, 5) is 37.6. The van der Waals surface area contributed by atoms with E-state index in [-0.39, 0.29) is 25.5 Å². The van der Waals surface area contributed by atoms with Crippen LogP contribution in [0.1, 0.15) is 22.3 Å². The van der Waals surface area contributed by atoms with Crippen LogP contribution >= 0.6 is 11.6 Å². The molecule has 0 saturated carbocycles. The Hall–Kier alpha value is -2.86. The third-order valence-corrected chi connectivity index (χ3v) is 4.75. The number of ether oxygens (including phenoxy) is 2. The summed E-state index contributed by atoms with van der Waals surface area (Å²) in [5.41, 5.74) is 1.73. The van der Waals surface area contributed by atoms with Crippen LogP contribution in [0.2, 0.25) is 5.02 Å². The Morgan fingerprint density at radius 3 is 2.52 bits per heavy atom. The lowest BCUT2D eigenvalue weighted by atomic mass is 10.1. The molecule has 1 aliphatic rings. The zero-order chi connectivity index (χ0) is 19.4. The number of esters is 2. The number of nitrogens with zero attached hydrogens (tertiary/aromatic N) is 1. The Labute approximate surface area is 161 Å². The normalized spacial score (nSPS) is 16.3. The SMILES string of the molecule is COC(=O)c1ccc(N2C[C@@H](C(=O)OCc3ccccc3Cl)CC2=O)cc1. The molecule has 3 rings (SSSR count). The van der Waals surface area contributed by atoms with Crippen LogP contribution in [0.4, 0.5) is 5.69 Å². The fourth-order valence-corrected chi connectivity index (χ4v) is 3.08. The maximum Gasteiger partial charge on any atom is 0.337 e. The molecule has 0 N–H and O–H groups in total. The van der Waals surface area contributed by atoms with Gasteiger partial charge in [0.05, 0.1) is 18.6 Å². The van der Waals surface area contributed by atoms with Gasteiger partial charge >= 0.3 is 11.9 Å². The van der Waals surface area contributed by atoms with E-state index in [2.05, 4.69) is 4.74 Å². The van der Waals surface area contributed by atoms with E-state index in [0.29, 0.717) is 21.8 Å². The van der Waals surface area contributed by atoms with E-state index < -0.39 is 17.9 Å². The number of amides is 1. The van der Waals surface area contributed by atoms with Crippen molar-refractivity contribution >= 4 is 35.1 Å². The predicted molar refractivity (Wildman–Crippen MR) is 99.5 cm³/mol. The van der Waals surface area contributed by atoms with E-state index in [1.54, 1.807) is 42.5 Å². The Bertz CT molecular complexity index is 865. The monoisotopic (exact) mass is 387 g/mol. The van der Waals surface area contributed by atoms with Crippen LogP contribution in [-0.4, -0.2) is 31.5 Å². The largest absolute Gasteiger partial charge is 0.465 e. The van der Waals surface area contributed by atoms with E-state index >= 15 is 0 Å². The van der Waals surface area contributed by atoms with Gasteiger partial charge in [-0.2, -0.15) is 0 Å². The second-order valence-corrected chi connectivity index (χ2v) is 6.55. The predicted octanol–water partition coefficient (Wildman–Crippen LogP) is 3.22. The topological polar surface area (TPSA) is 72.9 Å². The number of anilines is 1. The van der Waals surface area contributed by atoms with Crippen LogP contribution in [0.25, 0.3) is 0 Å². The molecular formula is C20H18ClNO5. The van der Waals surface area contributed by atoms with Gasteiger partial charge in [-0.1, -0.05) is 29.8 Å². The number of carbonyl (C=O) groups excluding carboxylic acids is 3. The van der Waals surface area contributed by atoms with Gasteiger partial charge in [0.25, 0.3) is 0 Å². The molecular weight excluding hydrogens is 370 g/mol. The Balaban J connectivity index is 1.62. The molecule has 140 valence electrons. The molecule has 1 amide bonds. The molecule has 0 bridgehead atoms. The summed E-state index contributed by atoms with van der Waals surface area (Å²) in [5, 5.41) is 0.528. The van der Waals surface area contributed by atoms with Crippen LogP contribution in [0, 0.1) is 5.92 Å². The minimum absolute atomic E-state index is 0.0665. The molecule has 6 nitrogen and oxygen atoms in total. The van der Waals surface area contributed by atoms with Crippen molar-refractivity contribution in [3.8, 4) is 0 Å². The zero-order valence-corrected chi connectivity index (χ0v) is 15.4. The number of rotatable bonds is 5. The first-order valence-electron chi connectivity index (χ1n) is 8.38. The van der Waals surface area contributed by atoms with Crippen LogP contribution in [-0.2, 0) is 25.7 Å². The summed E-state index contributed by atoms with van der Waals surface area (Å²) in [6, 6.07) is 13.6. The molecule has 1 heterocycles. The molecule has 0 aromatic heterocycles. The highest BCUT2D eigenvalue weighted by atomic mass is 35.5. The number of benzene rings is 2. The first-order chi connectivity index (χ1) is 13.0. The third-order valence-electron chi connectivity index (χ3n) is 4.39. The van der Waals surface area contributed by atoms with Gasteiger partial charge in [-0.25, -0.2) is 4.79 Å². The van der Waals surface area contributed by atoms with Crippen LogP contribution < -0.4 is 4.90 Å². The van der Waals surface area contributed by atoms with Gasteiger partial charge in [0, 0.05) is 29.2 Å². The third kappa shape index (κ3) is 4.28. The molecule has 0 aliphatic carbocycles. The summed E-state index contributed by atoms with van der Waals surface area (Å²) in [5.74, 6) is -1.59. The molecule has 2 aromatic rings. The highest BCUT2D eigenvalue weighted by Gasteiger charge is 2.36. The van der Waals surface area contributed by atoms with Crippen molar-refractivity contribution in [1.82, 2.24) is 0 Å². The maximum absolute atomic E-state index is 12.3. The lowest BCUT2D eigenvalue weighted by molar-refractivity contribution is -0.149. The van der Waals surface area contributed by atoms with Crippen molar-refractivity contribution in [2.24, 2.45) is 5.92 Å². The fourth-order valence-electron chi connectivity index (χ4n) is 2.89. The van der Waals surface area contributed by atoms with Gasteiger partial charge in [-0.15, -0.1) is 0 Å². The summed E-state index contributed by atoms with van der Waals surface area (Å²) in [7, 11) is 1.30. The van der Waals surface area contributed by atoms with Gasteiger partial charge in [-0.3, -0.25) is 9.59 Å². The smallest absolute Gasteiger partial charge is 0.337 e. The van der Waals surface area contributed by atoms with E-state index in [0.717, 1.165) is 0 Å². The van der Waals surface area contributed by atoms with Gasteiger partial charge in [0.2, 0.25) is 5.91 Å². The summed E-state index contributed by atoms with van der Waals surface area (Å²) in [6.07, 6.45) is 0.0834. The standard InChI is InChI=1S/C20H18ClNO5/c1-26-19(24)13-6-8-16(9-7-13)22-11-15(10-18(22)23)20(25)27-12-14-4-2-3-5-17(14)21/h2-9,15H,10-12H2,1H3/t15-/m0/s1. The van der Waals surface area contributed by atoms with E-state index in [1.807, 2.05) is 6.07 Å². The molecule has 0 spiro atoms. The minimum atomic E-state index is -0.541. The van der Waals surface area contributed by atoms with Gasteiger partial charge < -0.3 is 14.4 Å². The van der Waals surface area contributed by atoms with Crippen molar-refractivity contribution < 1.29 is 23.9 Å². The van der Waals surface area contributed by atoms with Crippen molar-refractivity contribution in [3.63, 3.8) is 0 Å². The average Bonchev–Trinajstić information content (AvgIpc) is 3.08. The molecule has 1 saturated heterocycles. The first kappa shape index (κ1) is 18.9. The molecule has 0 radical (unpaired) electrons. The second kappa shape index (κ2) is 8.22. The second-order valence-electron chi connectivity index (χ2n) is 6.14. The molecule has 7 heteroatoms. The molecule has 1 fully saturated rings. The van der Waals surface area contributed by atoms with Crippen molar-refractivity contribution in [2.75, 3.05) is 18.6 Å². The summed E-state index contributed by atoms with van der Waals surface area (Å²) in [6.45, 7) is 0.300. The highest BCUT2D eigenvalue weighted by molar-refractivity contribution is 6.31. The van der Waals surface area contributed by atoms with Crippen LogP contribution in [0.15, 0.2) is 48.5 Å². The number of halogens is 1. The Kier molecular flexibility index (Phi) is 5.76. The number of carbonyl (C=O) groups is 3. The van der Waals surface area contributed by atoms with E-state index in [1.165, 1.54) is 12.0 Å². The van der Waals surface area contributed by atoms with Crippen LogP contribution in [0.3, 0.4) is 0 Å². The minimum Gasteiger partial charge on any atom is -0.465 e. The zero-order valence-electron chi connectivity index (χ0n) is 14.7. The average molecular weight is 388 g/mol. The Morgan fingerprint density at radius 2 is 1.85 bits per heavy atom. The molecule has 27 heavy (non-hydrogen) atoms. The molecule has 0 unspecified atom stereocenters. The van der Waals surface area contributed by atoms with E-state index in [4.69, 9.17) is 16.3 Å². The molecule has 1 aliphatic heterocycles.